The normalized spacial score (nSPS) is 10.6. The number of rotatable bonds is 10. The fraction of sp³-hybridized carbons (Fsp3) is 0.588. The van der Waals surface area contributed by atoms with Crippen molar-refractivity contribution in [3.63, 3.8) is 0 Å². The number of benzene rings is 1. The van der Waals surface area contributed by atoms with Crippen LogP contribution in [0, 0.1) is 0 Å². The lowest BCUT2D eigenvalue weighted by atomic mass is 10.1. The summed E-state index contributed by atoms with van der Waals surface area (Å²) < 4.78 is 6.00. The molecule has 0 aliphatic carbocycles. The van der Waals surface area contributed by atoms with Crippen LogP contribution in [0.4, 0.5) is 5.69 Å². The van der Waals surface area contributed by atoms with Gasteiger partial charge in [-0.3, -0.25) is 0 Å². The molecule has 0 heterocycles. The average Bonchev–Trinajstić information content (AvgIpc) is 2.48. The second-order valence-electron chi connectivity index (χ2n) is 5.35. The maximum absolute atomic E-state index is 11.9. The van der Waals surface area contributed by atoms with Crippen LogP contribution < -0.4 is 5.73 Å². The highest BCUT2D eigenvalue weighted by Crippen LogP contribution is 2.20. The average molecular weight is 356 g/mol. The number of esters is 1. The fourth-order valence-electron chi connectivity index (χ4n) is 2.18. The van der Waals surface area contributed by atoms with Crippen molar-refractivity contribution < 1.29 is 9.53 Å². The van der Waals surface area contributed by atoms with Gasteiger partial charge in [-0.1, -0.05) is 51.9 Å². The van der Waals surface area contributed by atoms with E-state index in [2.05, 4.69) is 22.9 Å². The summed E-state index contributed by atoms with van der Waals surface area (Å²) >= 11 is 3.34. The van der Waals surface area contributed by atoms with Gasteiger partial charge in [0.05, 0.1) is 12.2 Å². The molecule has 1 aromatic carbocycles. The number of hydrogen-bond acceptors (Lipinski definition) is 3. The molecule has 1 rings (SSSR count). The summed E-state index contributed by atoms with van der Waals surface area (Å²) in [5, 5.41) is 0. The summed E-state index contributed by atoms with van der Waals surface area (Å²) in [7, 11) is 0. The molecular formula is C17H26BrNO2. The van der Waals surface area contributed by atoms with Gasteiger partial charge >= 0.3 is 5.97 Å². The number of ether oxygens (including phenoxy) is 1. The van der Waals surface area contributed by atoms with Crippen molar-refractivity contribution in [3.8, 4) is 0 Å². The molecule has 0 bridgehead atoms. The Balaban J connectivity index is 2.12. The monoisotopic (exact) mass is 355 g/mol. The van der Waals surface area contributed by atoms with Crippen molar-refractivity contribution in [2.75, 3.05) is 12.3 Å². The Hall–Kier alpha value is -1.03. The summed E-state index contributed by atoms with van der Waals surface area (Å²) in [5.74, 6) is -0.308. The largest absolute Gasteiger partial charge is 0.462 e. The molecule has 21 heavy (non-hydrogen) atoms. The van der Waals surface area contributed by atoms with E-state index in [1.54, 1.807) is 18.2 Å². The first-order valence-corrected chi connectivity index (χ1v) is 8.66. The predicted octanol–water partition coefficient (Wildman–Crippen LogP) is 5.33. The summed E-state index contributed by atoms with van der Waals surface area (Å²) in [5.41, 5.74) is 6.74. The molecule has 0 fully saturated rings. The Bertz CT molecular complexity index is 435. The first-order valence-electron chi connectivity index (χ1n) is 7.87. The van der Waals surface area contributed by atoms with E-state index in [-0.39, 0.29) is 5.97 Å². The lowest BCUT2D eigenvalue weighted by Gasteiger charge is -2.07. The van der Waals surface area contributed by atoms with Gasteiger partial charge in [0.2, 0.25) is 0 Å². The van der Waals surface area contributed by atoms with Gasteiger partial charge in [-0.15, -0.1) is 0 Å². The van der Waals surface area contributed by atoms with E-state index in [1.165, 1.54) is 38.5 Å². The maximum Gasteiger partial charge on any atom is 0.339 e. The summed E-state index contributed by atoms with van der Waals surface area (Å²) in [4.78, 5) is 11.9. The molecule has 0 atom stereocenters. The Morgan fingerprint density at radius 1 is 1.10 bits per heavy atom. The maximum atomic E-state index is 11.9. The molecule has 0 saturated heterocycles. The highest BCUT2D eigenvalue weighted by Gasteiger charge is 2.11. The number of halogens is 1. The van der Waals surface area contributed by atoms with Crippen LogP contribution in [0.2, 0.25) is 0 Å². The first kappa shape index (κ1) is 18.0. The molecule has 0 amide bonds. The highest BCUT2D eigenvalue weighted by atomic mass is 79.9. The van der Waals surface area contributed by atoms with Crippen molar-refractivity contribution in [1.82, 2.24) is 0 Å². The van der Waals surface area contributed by atoms with Gasteiger partial charge in [0.15, 0.2) is 0 Å². The van der Waals surface area contributed by atoms with E-state index >= 15 is 0 Å². The molecule has 118 valence electrons. The van der Waals surface area contributed by atoms with Crippen LogP contribution in [0.3, 0.4) is 0 Å². The topological polar surface area (TPSA) is 52.3 Å². The number of nitrogen functional groups attached to an aromatic ring is 1. The van der Waals surface area contributed by atoms with Crippen LogP contribution >= 0.6 is 15.9 Å². The predicted molar refractivity (Wildman–Crippen MR) is 91.4 cm³/mol. The first-order chi connectivity index (χ1) is 10.1. The quantitative estimate of drug-likeness (QED) is 0.350. The van der Waals surface area contributed by atoms with Crippen LogP contribution in [-0.4, -0.2) is 12.6 Å². The van der Waals surface area contributed by atoms with E-state index in [1.807, 2.05) is 0 Å². The van der Waals surface area contributed by atoms with Gasteiger partial charge in [-0.05, 0) is 40.5 Å². The van der Waals surface area contributed by atoms with Crippen molar-refractivity contribution in [2.45, 2.75) is 58.3 Å². The van der Waals surface area contributed by atoms with Crippen molar-refractivity contribution >= 4 is 27.6 Å². The van der Waals surface area contributed by atoms with Crippen molar-refractivity contribution in [2.24, 2.45) is 0 Å². The third kappa shape index (κ3) is 7.51. The third-order valence-electron chi connectivity index (χ3n) is 3.44. The molecule has 4 heteroatoms. The molecule has 0 aliphatic rings. The van der Waals surface area contributed by atoms with Gasteiger partial charge in [-0.25, -0.2) is 4.79 Å². The van der Waals surface area contributed by atoms with Crippen molar-refractivity contribution in [1.29, 1.82) is 0 Å². The Kier molecular flexibility index (Phi) is 9.15. The molecule has 1 aromatic rings. The molecule has 0 aromatic heterocycles. The van der Waals surface area contributed by atoms with E-state index in [4.69, 9.17) is 10.5 Å². The zero-order valence-corrected chi connectivity index (χ0v) is 14.5. The number of carbonyl (C=O) groups is 1. The zero-order chi connectivity index (χ0) is 15.5. The van der Waals surface area contributed by atoms with Crippen molar-refractivity contribution in [3.05, 3.63) is 28.2 Å². The Labute approximate surface area is 136 Å². The van der Waals surface area contributed by atoms with E-state index < -0.39 is 0 Å². The van der Waals surface area contributed by atoms with Crippen LogP contribution in [-0.2, 0) is 4.74 Å². The highest BCUT2D eigenvalue weighted by molar-refractivity contribution is 9.10. The third-order valence-corrected chi connectivity index (χ3v) is 4.13. The molecular weight excluding hydrogens is 330 g/mol. The fourth-order valence-corrected chi connectivity index (χ4v) is 2.59. The molecule has 2 N–H and O–H groups in total. The molecule has 0 saturated carbocycles. The van der Waals surface area contributed by atoms with Crippen LogP contribution in [0.1, 0.15) is 68.6 Å². The number of hydrogen-bond donors (Lipinski definition) is 1. The minimum absolute atomic E-state index is 0.308. The number of carbonyl (C=O) groups excluding carboxylic acids is 1. The SMILES string of the molecule is CCCCCCCCCCOC(=O)c1cc(N)ccc1Br. The number of nitrogens with two attached hydrogens (primary N) is 1. The lowest BCUT2D eigenvalue weighted by Crippen LogP contribution is -2.08. The van der Waals surface area contributed by atoms with Crippen LogP contribution in [0.15, 0.2) is 22.7 Å². The molecule has 0 aliphatic heterocycles. The molecule has 0 unspecified atom stereocenters. The minimum atomic E-state index is -0.308. The lowest BCUT2D eigenvalue weighted by molar-refractivity contribution is 0.0496. The smallest absolute Gasteiger partial charge is 0.339 e. The Morgan fingerprint density at radius 3 is 2.38 bits per heavy atom. The van der Waals surface area contributed by atoms with Gasteiger partial charge in [-0.2, -0.15) is 0 Å². The second-order valence-corrected chi connectivity index (χ2v) is 6.20. The Morgan fingerprint density at radius 2 is 1.71 bits per heavy atom. The van der Waals surface area contributed by atoms with Crippen LogP contribution in [0.25, 0.3) is 0 Å². The van der Waals surface area contributed by atoms with E-state index in [9.17, 15) is 4.79 Å². The second kappa shape index (κ2) is 10.7. The van der Waals surface area contributed by atoms with Crippen LogP contribution in [0.5, 0.6) is 0 Å². The molecule has 0 spiro atoms. The molecule has 0 radical (unpaired) electrons. The van der Waals surface area contributed by atoms with E-state index in [0.717, 1.165) is 17.3 Å². The summed E-state index contributed by atoms with van der Waals surface area (Å²) in [6.07, 6.45) is 9.86. The number of anilines is 1. The molecule has 3 nitrogen and oxygen atoms in total. The summed E-state index contributed by atoms with van der Waals surface area (Å²) in [6.45, 7) is 2.71. The zero-order valence-electron chi connectivity index (χ0n) is 12.9. The minimum Gasteiger partial charge on any atom is -0.462 e. The van der Waals surface area contributed by atoms with Gasteiger partial charge in [0.25, 0.3) is 0 Å². The van der Waals surface area contributed by atoms with Gasteiger partial charge < -0.3 is 10.5 Å². The number of unbranched alkanes of at least 4 members (excludes halogenated alkanes) is 7. The standard InChI is InChI=1S/C17H26BrNO2/c1-2-3-4-5-6-7-8-9-12-21-17(20)15-13-14(19)10-11-16(15)18/h10-11,13H,2-9,12,19H2,1H3. The van der Waals surface area contributed by atoms with Gasteiger partial charge in [0.1, 0.15) is 0 Å². The van der Waals surface area contributed by atoms with Gasteiger partial charge in [0, 0.05) is 10.2 Å². The summed E-state index contributed by atoms with van der Waals surface area (Å²) in [6, 6.07) is 5.15. The van der Waals surface area contributed by atoms with E-state index in [0.29, 0.717) is 17.9 Å².